The zero-order valence-corrected chi connectivity index (χ0v) is 11.9. The fourth-order valence-electron chi connectivity index (χ4n) is 2.49. The Kier molecular flexibility index (Phi) is 4.18. The van der Waals surface area contributed by atoms with Gasteiger partial charge in [0.25, 0.3) is 0 Å². The van der Waals surface area contributed by atoms with E-state index in [9.17, 15) is 9.18 Å². The molecule has 1 fully saturated rings. The van der Waals surface area contributed by atoms with E-state index in [-0.39, 0.29) is 11.7 Å². The van der Waals surface area contributed by atoms with Gasteiger partial charge in [-0.2, -0.15) is 0 Å². The average molecular weight is 299 g/mol. The zero-order chi connectivity index (χ0) is 15.4. The first kappa shape index (κ1) is 14.3. The van der Waals surface area contributed by atoms with Crippen LogP contribution >= 0.6 is 0 Å². The number of halogens is 1. The van der Waals surface area contributed by atoms with E-state index < -0.39 is 11.8 Å². The normalized spacial score (nSPS) is 17.3. The van der Waals surface area contributed by atoms with Gasteiger partial charge in [-0.15, -0.1) is 0 Å². The predicted octanol–water partition coefficient (Wildman–Crippen LogP) is 2.42. The molecule has 6 heteroatoms. The third-order valence-corrected chi connectivity index (χ3v) is 3.57. The van der Waals surface area contributed by atoms with Crippen LogP contribution in [-0.4, -0.2) is 30.1 Å². The predicted molar refractivity (Wildman–Crippen MR) is 82.2 cm³/mol. The molecule has 0 bridgehead atoms. The number of nitrogens with one attached hydrogen (secondary N) is 2. The molecule has 3 rings (SSSR count). The Hall–Kier alpha value is -2.63. The molecule has 22 heavy (non-hydrogen) atoms. The lowest BCUT2D eigenvalue weighted by Gasteiger charge is -2.18. The lowest BCUT2D eigenvalue weighted by atomic mass is 10.2. The van der Waals surface area contributed by atoms with Crippen LogP contribution in [0.5, 0.6) is 0 Å². The molecule has 1 aromatic carbocycles. The summed E-state index contributed by atoms with van der Waals surface area (Å²) in [5, 5.41) is 5.39. The molecule has 0 saturated carbocycles. The van der Waals surface area contributed by atoms with Gasteiger partial charge in [-0.05, 0) is 30.7 Å². The van der Waals surface area contributed by atoms with Gasteiger partial charge in [0.15, 0.2) is 0 Å². The number of amides is 2. The van der Waals surface area contributed by atoms with E-state index in [2.05, 4.69) is 26.6 Å². The molecule has 0 aliphatic carbocycles. The maximum Gasteiger partial charge on any atom is 0.319 e. The number of urea groups is 1. The van der Waals surface area contributed by atoms with E-state index in [1.54, 1.807) is 18.3 Å². The minimum atomic E-state index is -0.449. The summed E-state index contributed by atoms with van der Waals surface area (Å²) in [5.41, 5.74) is 0.176. The van der Waals surface area contributed by atoms with Gasteiger partial charge in [0.05, 0.1) is 5.69 Å². The van der Waals surface area contributed by atoms with E-state index >= 15 is 0 Å². The molecule has 1 aliphatic rings. The molecule has 2 aromatic rings. The first-order valence-corrected chi connectivity index (χ1v) is 7.11. The van der Waals surface area contributed by atoms with E-state index in [1.807, 2.05) is 12.1 Å². The molecule has 1 aromatic heterocycles. The van der Waals surface area contributed by atoms with Crippen molar-refractivity contribution in [3.63, 3.8) is 0 Å². The number of hydrogen-bond donors (Lipinski definition) is 2. The van der Waals surface area contributed by atoms with Crippen LogP contribution in [0.1, 0.15) is 6.42 Å². The summed E-state index contributed by atoms with van der Waals surface area (Å²) >= 11 is 0. The number of benzene rings is 1. The van der Waals surface area contributed by atoms with Gasteiger partial charge < -0.3 is 15.5 Å². The number of carbonyl (C=O) groups excluding carboxylic acids is 1. The Bertz CT molecular complexity index is 650. The summed E-state index contributed by atoms with van der Waals surface area (Å²) in [4.78, 5) is 18.3. The number of aromatic nitrogens is 1. The van der Waals surface area contributed by atoms with Crippen LogP contribution in [0.4, 0.5) is 20.7 Å². The van der Waals surface area contributed by atoms with Crippen molar-refractivity contribution in [2.45, 2.75) is 12.5 Å². The quantitative estimate of drug-likeness (QED) is 0.915. The molecule has 113 valence electrons. The molecule has 2 heterocycles. The smallest absolute Gasteiger partial charge is 0.319 e. The first-order valence-electron chi connectivity index (χ1n) is 7.11. The van der Waals surface area contributed by atoms with Crippen molar-refractivity contribution < 1.29 is 9.18 Å². The third-order valence-electron chi connectivity index (χ3n) is 3.57. The van der Waals surface area contributed by atoms with Crippen LogP contribution in [-0.2, 0) is 0 Å². The van der Waals surface area contributed by atoms with Crippen LogP contribution in [0.3, 0.4) is 0 Å². The fraction of sp³-hybridized carbons (Fsp3) is 0.250. The summed E-state index contributed by atoms with van der Waals surface area (Å²) in [5.74, 6) is 0.424. The molecule has 5 nitrogen and oxygen atoms in total. The molecule has 1 radical (unpaired) electrons. The number of anilines is 2. The van der Waals surface area contributed by atoms with Crippen LogP contribution in [0.2, 0.25) is 0 Å². The molecular formula is C16H16FN4O. The maximum absolute atomic E-state index is 13.5. The van der Waals surface area contributed by atoms with Gasteiger partial charge >= 0.3 is 6.03 Å². The lowest BCUT2D eigenvalue weighted by molar-refractivity contribution is 0.249. The summed E-state index contributed by atoms with van der Waals surface area (Å²) in [6.07, 6.45) is 2.45. The summed E-state index contributed by atoms with van der Waals surface area (Å²) in [6.45, 7) is 1.50. The highest BCUT2D eigenvalue weighted by atomic mass is 19.1. The van der Waals surface area contributed by atoms with E-state index in [0.717, 1.165) is 18.8 Å². The van der Waals surface area contributed by atoms with Crippen molar-refractivity contribution >= 4 is 17.5 Å². The summed E-state index contributed by atoms with van der Waals surface area (Å²) < 4.78 is 13.5. The number of hydrogen-bond acceptors (Lipinski definition) is 3. The molecule has 2 amide bonds. The first-order chi connectivity index (χ1) is 10.7. The highest BCUT2D eigenvalue weighted by molar-refractivity contribution is 5.89. The number of carbonyl (C=O) groups is 1. The minimum Gasteiger partial charge on any atom is -0.354 e. The highest BCUT2D eigenvalue weighted by Crippen LogP contribution is 2.17. The van der Waals surface area contributed by atoms with Crippen LogP contribution in [0, 0.1) is 11.9 Å². The SMILES string of the molecule is O=C(Nc1ccccc1F)NC1CCN(c2cc[c]cn2)C1. The Morgan fingerprint density at radius 3 is 3.00 bits per heavy atom. The number of rotatable bonds is 3. The van der Waals surface area contributed by atoms with Gasteiger partial charge in [0.2, 0.25) is 0 Å². The van der Waals surface area contributed by atoms with Crippen molar-refractivity contribution in [2.24, 2.45) is 0 Å². The monoisotopic (exact) mass is 299 g/mol. The van der Waals surface area contributed by atoms with Gasteiger partial charge in [-0.3, -0.25) is 0 Å². The fourth-order valence-corrected chi connectivity index (χ4v) is 2.49. The largest absolute Gasteiger partial charge is 0.354 e. The van der Waals surface area contributed by atoms with Crippen molar-refractivity contribution in [1.82, 2.24) is 10.3 Å². The van der Waals surface area contributed by atoms with E-state index in [1.165, 1.54) is 12.1 Å². The van der Waals surface area contributed by atoms with Crippen molar-refractivity contribution in [3.05, 3.63) is 54.5 Å². The molecule has 1 unspecified atom stereocenters. The third kappa shape index (κ3) is 3.33. The number of para-hydroxylation sites is 1. The van der Waals surface area contributed by atoms with Crippen LogP contribution in [0.25, 0.3) is 0 Å². The van der Waals surface area contributed by atoms with Crippen molar-refractivity contribution in [3.8, 4) is 0 Å². The molecule has 1 saturated heterocycles. The van der Waals surface area contributed by atoms with Crippen molar-refractivity contribution in [1.29, 1.82) is 0 Å². The summed E-state index contributed by atoms with van der Waals surface area (Å²) in [6, 6.07) is 12.3. The van der Waals surface area contributed by atoms with Gasteiger partial charge in [-0.25, -0.2) is 14.2 Å². The number of nitrogens with zero attached hydrogens (tertiary/aromatic N) is 2. The molecule has 2 N–H and O–H groups in total. The molecular weight excluding hydrogens is 283 g/mol. The Labute approximate surface area is 128 Å². The molecule has 1 aliphatic heterocycles. The highest BCUT2D eigenvalue weighted by Gasteiger charge is 2.24. The second kappa shape index (κ2) is 6.43. The van der Waals surface area contributed by atoms with Gasteiger partial charge in [0, 0.05) is 31.4 Å². The average Bonchev–Trinajstić information content (AvgIpc) is 2.99. The van der Waals surface area contributed by atoms with Gasteiger partial charge in [-0.1, -0.05) is 12.1 Å². The summed E-state index contributed by atoms with van der Waals surface area (Å²) in [7, 11) is 0. The van der Waals surface area contributed by atoms with Gasteiger partial charge in [0.1, 0.15) is 11.6 Å². The minimum absolute atomic E-state index is 0.0118. The van der Waals surface area contributed by atoms with E-state index in [0.29, 0.717) is 6.54 Å². The van der Waals surface area contributed by atoms with Crippen molar-refractivity contribution in [2.75, 3.05) is 23.3 Å². The number of pyridine rings is 1. The maximum atomic E-state index is 13.5. The van der Waals surface area contributed by atoms with Crippen LogP contribution in [0.15, 0.2) is 42.6 Å². The second-order valence-corrected chi connectivity index (χ2v) is 5.13. The molecule has 0 spiro atoms. The standard InChI is InChI=1S/C16H16FN4O/c17-13-5-1-2-6-14(13)20-16(22)19-12-8-10-21(11-12)15-7-3-4-9-18-15/h1-3,5-7,9,12H,8,10-11H2,(H2,19,20,22). The zero-order valence-electron chi connectivity index (χ0n) is 11.9. The second-order valence-electron chi connectivity index (χ2n) is 5.13. The molecule has 1 atom stereocenters. The Morgan fingerprint density at radius 2 is 2.23 bits per heavy atom. The Balaban J connectivity index is 1.54. The Morgan fingerprint density at radius 1 is 1.36 bits per heavy atom. The topological polar surface area (TPSA) is 57.3 Å². The lowest BCUT2D eigenvalue weighted by Crippen LogP contribution is -2.40. The van der Waals surface area contributed by atoms with Crippen LogP contribution < -0.4 is 15.5 Å². The van der Waals surface area contributed by atoms with E-state index in [4.69, 9.17) is 0 Å².